The smallest absolute Gasteiger partial charge is 0.337 e. The molecule has 0 atom stereocenters. The topological polar surface area (TPSA) is 46.6 Å². The minimum absolute atomic E-state index is 0.145. The van der Waals surface area contributed by atoms with Gasteiger partial charge < -0.3 is 4.74 Å². The summed E-state index contributed by atoms with van der Waals surface area (Å²) in [6.07, 6.45) is 1.77. The number of amides is 1. The molecule has 6 heteroatoms. The highest BCUT2D eigenvalue weighted by molar-refractivity contribution is 8.27. The molecule has 4 nitrogen and oxygen atoms in total. The van der Waals surface area contributed by atoms with E-state index in [1.54, 1.807) is 30.3 Å². The molecule has 1 amide bonds. The van der Waals surface area contributed by atoms with Crippen LogP contribution in [0.15, 0.2) is 59.5 Å². The largest absolute Gasteiger partial charge is 0.465 e. The zero-order valence-electron chi connectivity index (χ0n) is 12.8. The molecule has 0 N–H and O–H groups in total. The first-order valence-electron chi connectivity index (χ1n) is 7.11. The van der Waals surface area contributed by atoms with E-state index >= 15 is 0 Å². The Morgan fingerprint density at radius 1 is 1.12 bits per heavy atom. The molecule has 1 aliphatic heterocycles. The van der Waals surface area contributed by atoms with E-state index in [1.165, 1.54) is 23.8 Å². The van der Waals surface area contributed by atoms with E-state index in [0.29, 0.717) is 14.8 Å². The molecule has 2 aromatic carbocycles. The van der Waals surface area contributed by atoms with Gasteiger partial charge in [0.1, 0.15) is 0 Å². The number of ether oxygens (including phenoxy) is 1. The Kier molecular flexibility index (Phi) is 4.78. The van der Waals surface area contributed by atoms with Crippen molar-refractivity contribution < 1.29 is 14.3 Å². The van der Waals surface area contributed by atoms with Gasteiger partial charge in [-0.05, 0) is 35.9 Å². The molecule has 0 unspecified atom stereocenters. The molecule has 1 heterocycles. The van der Waals surface area contributed by atoms with Crippen LogP contribution >= 0.6 is 24.0 Å². The summed E-state index contributed by atoms with van der Waals surface area (Å²) in [5.41, 5.74) is 2.03. The maximum Gasteiger partial charge on any atom is 0.337 e. The number of thioether (sulfide) groups is 1. The van der Waals surface area contributed by atoms with Crippen LogP contribution in [0, 0.1) is 0 Å². The lowest BCUT2D eigenvalue weighted by Gasteiger charge is -2.13. The van der Waals surface area contributed by atoms with Crippen molar-refractivity contribution >= 4 is 51.9 Å². The van der Waals surface area contributed by atoms with Gasteiger partial charge in [0.2, 0.25) is 0 Å². The van der Waals surface area contributed by atoms with E-state index in [2.05, 4.69) is 4.74 Å². The Balaban J connectivity index is 1.85. The second-order valence-electron chi connectivity index (χ2n) is 4.97. The van der Waals surface area contributed by atoms with Gasteiger partial charge in [-0.1, -0.05) is 54.3 Å². The van der Waals surface area contributed by atoms with Gasteiger partial charge in [0.15, 0.2) is 4.32 Å². The first-order valence-corrected chi connectivity index (χ1v) is 8.34. The van der Waals surface area contributed by atoms with Gasteiger partial charge in [-0.25, -0.2) is 4.79 Å². The van der Waals surface area contributed by atoms with Crippen molar-refractivity contribution in [3.63, 3.8) is 0 Å². The van der Waals surface area contributed by atoms with Gasteiger partial charge in [0.25, 0.3) is 5.91 Å². The summed E-state index contributed by atoms with van der Waals surface area (Å²) < 4.78 is 5.17. The van der Waals surface area contributed by atoms with E-state index < -0.39 is 5.97 Å². The van der Waals surface area contributed by atoms with Crippen LogP contribution in [-0.4, -0.2) is 23.3 Å². The molecule has 1 fully saturated rings. The quantitative estimate of drug-likeness (QED) is 0.475. The first kappa shape index (κ1) is 16.4. The Hall–Kier alpha value is -2.44. The van der Waals surface area contributed by atoms with Crippen molar-refractivity contribution in [1.29, 1.82) is 0 Å². The fraction of sp³-hybridized carbons (Fsp3) is 0.0556. The molecule has 1 saturated heterocycles. The third kappa shape index (κ3) is 3.25. The first-order chi connectivity index (χ1) is 11.6. The zero-order valence-corrected chi connectivity index (χ0v) is 14.4. The number of rotatable bonds is 3. The average Bonchev–Trinajstić information content (AvgIpc) is 2.89. The molecule has 0 aliphatic carbocycles. The highest BCUT2D eigenvalue weighted by atomic mass is 32.2. The van der Waals surface area contributed by atoms with Crippen LogP contribution in [0.2, 0.25) is 0 Å². The van der Waals surface area contributed by atoms with Crippen molar-refractivity contribution in [2.75, 3.05) is 12.0 Å². The zero-order chi connectivity index (χ0) is 17.1. The van der Waals surface area contributed by atoms with E-state index in [9.17, 15) is 9.59 Å². The number of benzene rings is 2. The summed E-state index contributed by atoms with van der Waals surface area (Å²) in [5.74, 6) is -0.537. The van der Waals surface area contributed by atoms with Crippen molar-refractivity contribution in [1.82, 2.24) is 0 Å². The molecule has 3 rings (SSSR count). The standard InChI is InChI=1S/C18H13NO3S2/c1-22-17(21)13-9-7-12(8-10-13)11-15-16(20)19(18(23)24-15)14-5-3-2-4-6-14/h2-11H,1H3/b15-11+. The predicted molar refractivity (Wildman–Crippen MR) is 99.9 cm³/mol. The van der Waals surface area contributed by atoms with Gasteiger partial charge in [0, 0.05) is 0 Å². The lowest BCUT2D eigenvalue weighted by atomic mass is 10.1. The Bertz CT molecular complexity index is 829. The third-order valence-electron chi connectivity index (χ3n) is 3.44. The molecule has 120 valence electrons. The fourth-order valence-corrected chi connectivity index (χ4v) is 3.55. The van der Waals surface area contributed by atoms with Crippen LogP contribution in [0.5, 0.6) is 0 Å². The van der Waals surface area contributed by atoms with E-state index in [-0.39, 0.29) is 5.91 Å². The molecular weight excluding hydrogens is 342 g/mol. The number of esters is 1. The fourth-order valence-electron chi connectivity index (χ4n) is 2.25. The van der Waals surface area contributed by atoms with Crippen LogP contribution in [0.3, 0.4) is 0 Å². The number of hydrogen-bond acceptors (Lipinski definition) is 5. The third-order valence-corrected chi connectivity index (χ3v) is 4.74. The number of nitrogens with zero attached hydrogens (tertiary/aromatic N) is 1. The highest BCUT2D eigenvalue weighted by Crippen LogP contribution is 2.35. The maximum atomic E-state index is 12.6. The highest BCUT2D eigenvalue weighted by Gasteiger charge is 2.33. The summed E-state index contributed by atoms with van der Waals surface area (Å²) in [5, 5.41) is 0. The number of carbonyl (C=O) groups excluding carboxylic acids is 2. The second kappa shape index (κ2) is 6.98. The van der Waals surface area contributed by atoms with Gasteiger partial charge in [-0.15, -0.1) is 0 Å². The SMILES string of the molecule is COC(=O)c1ccc(/C=C2/SC(=S)N(c3ccccc3)C2=O)cc1. The normalized spacial score (nSPS) is 15.9. The number of anilines is 1. The van der Waals surface area contributed by atoms with Gasteiger partial charge in [0.05, 0.1) is 23.3 Å². The molecule has 2 aromatic rings. The number of hydrogen-bond donors (Lipinski definition) is 0. The molecule has 0 aromatic heterocycles. The summed E-state index contributed by atoms with van der Waals surface area (Å²) >= 11 is 6.59. The molecule has 0 spiro atoms. The maximum absolute atomic E-state index is 12.6. The Labute approximate surface area is 149 Å². The van der Waals surface area contributed by atoms with Crippen LogP contribution in [0.4, 0.5) is 5.69 Å². The summed E-state index contributed by atoms with van der Waals surface area (Å²) in [7, 11) is 1.34. The van der Waals surface area contributed by atoms with Gasteiger partial charge in [-0.2, -0.15) is 0 Å². The van der Waals surface area contributed by atoms with E-state index in [0.717, 1.165) is 11.3 Å². The van der Waals surface area contributed by atoms with Crippen molar-refractivity contribution in [3.05, 3.63) is 70.6 Å². The molecule has 1 aliphatic rings. The number of methoxy groups -OCH3 is 1. The summed E-state index contributed by atoms with van der Waals surface area (Å²) in [6, 6.07) is 16.2. The van der Waals surface area contributed by atoms with Crippen LogP contribution in [0.25, 0.3) is 6.08 Å². The van der Waals surface area contributed by atoms with Crippen molar-refractivity contribution in [2.45, 2.75) is 0 Å². The minimum atomic E-state index is -0.392. The van der Waals surface area contributed by atoms with Crippen LogP contribution in [0.1, 0.15) is 15.9 Å². The van der Waals surface area contributed by atoms with Crippen LogP contribution < -0.4 is 4.90 Å². The van der Waals surface area contributed by atoms with E-state index in [1.807, 2.05) is 30.3 Å². The monoisotopic (exact) mass is 355 g/mol. The molecule has 0 radical (unpaired) electrons. The van der Waals surface area contributed by atoms with Crippen molar-refractivity contribution in [3.8, 4) is 0 Å². The van der Waals surface area contributed by atoms with Crippen molar-refractivity contribution in [2.24, 2.45) is 0 Å². The molecule has 0 bridgehead atoms. The van der Waals surface area contributed by atoms with Gasteiger partial charge >= 0.3 is 5.97 Å². The summed E-state index contributed by atoms with van der Waals surface area (Å²) in [6.45, 7) is 0. The van der Waals surface area contributed by atoms with E-state index in [4.69, 9.17) is 12.2 Å². The lowest BCUT2D eigenvalue weighted by molar-refractivity contribution is -0.113. The number of carbonyl (C=O) groups is 2. The Morgan fingerprint density at radius 3 is 2.42 bits per heavy atom. The molecule has 0 saturated carbocycles. The van der Waals surface area contributed by atoms with Gasteiger partial charge in [-0.3, -0.25) is 9.69 Å². The minimum Gasteiger partial charge on any atom is -0.465 e. The average molecular weight is 355 g/mol. The summed E-state index contributed by atoms with van der Waals surface area (Å²) in [4.78, 5) is 26.1. The second-order valence-corrected chi connectivity index (χ2v) is 6.64. The number of para-hydroxylation sites is 1. The lowest BCUT2D eigenvalue weighted by Crippen LogP contribution is -2.27. The predicted octanol–water partition coefficient (Wildman–Crippen LogP) is 3.88. The number of thiocarbonyl (C=S) groups is 1. The van der Waals surface area contributed by atoms with Crippen LogP contribution in [-0.2, 0) is 9.53 Å². The molecule has 24 heavy (non-hydrogen) atoms. The Morgan fingerprint density at radius 2 is 1.79 bits per heavy atom. The molecular formula is C18H13NO3S2.